The molecule has 2 saturated heterocycles. The Hall–Kier alpha value is -2.00. The van der Waals surface area contributed by atoms with E-state index in [-0.39, 0.29) is 11.4 Å². The summed E-state index contributed by atoms with van der Waals surface area (Å²) in [5, 5.41) is 5.92. The summed E-state index contributed by atoms with van der Waals surface area (Å²) in [4.78, 5) is 16.6. The quantitative estimate of drug-likeness (QED) is 0.835. The molecule has 0 bridgehead atoms. The van der Waals surface area contributed by atoms with E-state index < -0.39 is 17.8 Å². The molecule has 3 rings (SSSR count). The topological polar surface area (TPSA) is 56.8 Å². The van der Waals surface area contributed by atoms with Gasteiger partial charge in [-0.3, -0.25) is 4.90 Å². The van der Waals surface area contributed by atoms with Crippen molar-refractivity contribution in [1.82, 2.24) is 15.1 Å². The minimum Gasteiger partial charge on any atom is -0.492 e. The van der Waals surface area contributed by atoms with Crippen LogP contribution in [0.1, 0.15) is 18.9 Å². The van der Waals surface area contributed by atoms with Gasteiger partial charge in [-0.1, -0.05) is 0 Å². The predicted molar refractivity (Wildman–Crippen MR) is 96.1 cm³/mol. The number of anilines is 1. The summed E-state index contributed by atoms with van der Waals surface area (Å²) in [7, 11) is 0. The van der Waals surface area contributed by atoms with E-state index in [1.807, 2.05) is 0 Å². The second kappa shape index (κ2) is 8.35. The maximum absolute atomic E-state index is 13.0. The third-order valence-electron chi connectivity index (χ3n) is 5.00. The SMILES string of the molecule is CCOc1ccc(C(F)(F)F)cc1NC(=O)N1CCN([C@@H]2CCNC2)CC1. The number of carbonyl (C=O) groups is 1. The van der Waals surface area contributed by atoms with Gasteiger partial charge in [0.05, 0.1) is 17.9 Å². The normalized spacial score (nSPS) is 21.3. The number of benzene rings is 1. The molecule has 0 spiro atoms. The molecule has 150 valence electrons. The lowest BCUT2D eigenvalue weighted by molar-refractivity contribution is -0.137. The summed E-state index contributed by atoms with van der Waals surface area (Å²) in [6.45, 7) is 6.63. The zero-order valence-corrected chi connectivity index (χ0v) is 15.3. The molecule has 0 radical (unpaired) electrons. The van der Waals surface area contributed by atoms with Gasteiger partial charge in [0.15, 0.2) is 0 Å². The van der Waals surface area contributed by atoms with Gasteiger partial charge >= 0.3 is 12.2 Å². The number of piperazine rings is 1. The predicted octanol–water partition coefficient (Wildman–Crippen LogP) is 2.62. The fraction of sp³-hybridized carbons (Fsp3) is 0.611. The zero-order chi connectivity index (χ0) is 19.4. The van der Waals surface area contributed by atoms with E-state index in [2.05, 4.69) is 15.5 Å². The van der Waals surface area contributed by atoms with E-state index in [1.165, 1.54) is 6.07 Å². The second-order valence-electron chi connectivity index (χ2n) is 6.74. The minimum atomic E-state index is -4.48. The van der Waals surface area contributed by atoms with Crippen LogP contribution in [0.3, 0.4) is 0 Å². The van der Waals surface area contributed by atoms with E-state index in [0.717, 1.165) is 44.7 Å². The van der Waals surface area contributed by atoms with Crippen LogP contribution in [0, 0.1) is 0 Å². The lowest BCUT2D eigenvalue weighted by atomic mass is 10.1. The molecule has 0 aromatic heterocycles. The number of alkyl halides is 3. The van der Waals surface area contributed by atoms with Crippen LogP contribution in [0.2, 0.25) is 0 Å². The molecular formula is C18H25F3N4O2. The van der Waals surface area contributed by atoms with E-state index in [4.69, 9.17) is 4.74 Å². The van der Waals surface area contributed by atoms with Crippen LogP contribution in [-0.4, -0.2) is 67.7 Å². The van der Waals surface area contributed by atoms with Gasteiger partial charge in [-0.25, -0.2) is 4.79 Å². The van der Waals surface area contributed by atoms with Crippen molar-refractivity contribution in [2.24, 2.45) is 0 Å². The number of carbonyl (C=O) groups excluding carboxylic acids is 1. The Labute approximate surface area is 156 Å². The molecule has 2 heterocycles. The van der Waals surface area contributed by atoms with Gasteiger partial charge in [-0.05, 0) is 38.1 Å². The smallest absolute Gasteiger partial charge is 0.416 e. The first-order valence-corrected chi connectivity index (χ1v) is 9.23. The van der Waals surface area contributed by atoms with Crippen molar-refractivity contribution < 1.29 is 22.7 Å². The maximum Gasteiger partial charge on any atom is 0.416 e. The Morgan fingerprint density at radius 1 is 1.30 bits per heavy atom. The molecule has 2 N–H and O–H groups in total. The molecule has 0 unspecified atom stereocenters. The van der Waals surface area contributed by atoms with E-state index in [0.29, 0.717) is 25.7 Å². The monoisotopic (exact) mass is 386 g/mol. The first-order valence-electron chi connectivity index (χ1n) is 9.23. The highest BCUT2D eigenvalue weighted by Crippen LogP contribution is 2.35. The number of urea groups is 1. The summed E-state index contributed by atoms with van der Waals surface area (Å²) >= 11 is 0. The molecule has 6 nitrogen and oxygen atoms in total. The summed E-state index contributed by atoms with van der Waals surface area (Å²) in [6.07, 6.45) is -3.38. The number of amides is 2. The maximum atomic E-state index is 13.0. The van der Waals surface area contributed by atoms with Crippen LogP contribution < -0.4 is 15.4 Å². The molecule has 2 fully saturated rings. The molecule has 1 aromatic carbocycles. The first kappa shape index (κ1) is 19.8. The van der Waals surface area contributed by atoms with Crippen molar-refractivity contribution in [2.75, 3.05) is 51.2 Å². The first-order chi connectivity index (χ1) is 12.9. The number of halogens is 3. The zero-order valence-electron chi connectivity index (χ0n) is 15.3. The number of hydrogen-bond acceptors (Lipinski definition) is 4. The van der Waals surface area contributed by atoms with Crippen molar-refractivity contribution in [2.45, 2.75) is 25.6 Å². The van der Waals surface area contributed by atoms with Crippen molar-refractivity contribution >= 4 is 11.7 Å². The van der Waals surface area contributed by atoms with Crippen molar-refractivity contribution in [3.8, 4) is 5.75 Å². The average molecular weight is 386 g/mol. The largest absolute Gasteiger partial charge is 0.492 e. The summed E-state index contributed by atoms with van der Waals surface area (Å²) in [6, 6.07) is 3.22. The summed E-state index contributed by atoms with van der Waals surface area (Å²) < 4.78 is 44.3. The number of hydrogen-bond donors (Lipinski definition) is 2. The highest BCUT2D eigenvalue weighted by atomic mass is 19.4. The molecule has 0 saturated carbocycles. The molecule has 0 aliphatic carbocycles. The minimum absolute atomic E-state index is 0.0408. The van der Waals surface area contributed by atoms with Crippen LogP contribution >= 0.6 is 0 Å². The fourth-order valence-electron chi connectivity index (χ4n) is 3.52. The Morgan fingerprint density at radius 3 is 2.63 bits per heavy atom. The Morgan fingerprint density at radius 2 is 2.04 bits per heavy atom. The van der Waals surface area contributed by atoms with Crippen LogP contribution in [0.5, 0.6) is 5.75 Å². The number of rotatable bonds is 4. The Balaban J connectivity index is 1.64. The lowest BCUT2D eigenvalue weighted by Crippen LogP contribution is -2.53. The van der Waals surface area contributed by atoms with Crippen LogP contribution in [-0.2, 0) is 6.18 Å². The van der Waals surface area contributed by atoms with Crippen LogP contribution in [0.25, 0.3) is 0 Å². The average Bonchev–Trinajstić information content (AvgIpc) is 3.17. The number of nitrogens with one attached hydrogen (secondary N) is 2. The Bertz CT molecular complexity index is 654. The summed E-state index contributed by atoms with van der Waals surface area (Å²) in [5.41, 5.74) is -0.779. The van der Waals surface area contributed by atoms with Gasteiger partial charge in [0.1, 0.15) is 5.75 Å². The van der Waals surface area contributed by atoms with E-state index >= 15 is 0 Å². The van der Waals surface area contributed by atoms with Crippen molar-refractivity contribution in [3.63, 3.8) is 0 Å². The lowest BCUT2D eigenvalue weighted by Gasteiger charge is -2.37. The molecule has 2 amide bonds. The van der Waals surface area contributed by atoms with E-state index in [1.54, 1.807) is 11.8 Å². The second-order valence-corrected chi connectivity index (χ2v) is 6.74. The Kier molecular flexibility index (Phi) is 6.11. The molecule has 1 aromatic rings. The molecular weight excluding hydrogens is 361 g/mol. The molecule has 9 heteroatoms. The van der Waals surface area contributed by atoms with Gasteiger partial charge in [-0.15, -0.1) is 0 Å². The molecule has 27 heavy (non-hydrogen) atoms. The third kappa shape index (κ3) is 4.84. The summed E-state index contributed by atoms with van der Waals surface area (Å²) in [5.74, 6) is 0.231. The number of ether oxygens (including phenoxy) is 1. The van der Waals surface area contributed by atoms with E-state index in [9.17, 15) is 18.0 Å². The molecule has 2 aliphatic rings. The molecule has 2 aliphatic heterocycles. The highest BCUT2D eigenvalue weighted by molar-refractivity contribution is 5.91. The van der Waals surface area contributed by atoms with Crippen LogP contribution in [0.15, 0.2) is 18.2 Å². The van der Waals surface area contributed by atoms with Crippen LogP contribution in [0.4, 0.5) is 23.7 Å². The highest BCUT2D eigenvalue weighted by Gasteiger charge is 2.32. The van der Waals surface area contributed by atoms with Gasteiger partial charge < -0.3 is 20.3 Å². The van der Waals surface area contributed by atoms with Gasteiger partial charge in [0.2, 0.25) is 0 Å². The molecule has 1 atom stereocenters. The third-order valence-corrected chi connectivity index (χ3v) is 5.00. The van der Waals surface area contributed by atoms with Gasteiger partial charge in [0.25, 0.3) is 0 Å². The van der Waals surface area contributed by atoms with Crippen molar-refractivity contribution in [3.05, 3.63) is 23.8 Å². The van der Waals surface area contributed by atoms with Gasteiger partial charge in [0, 0.05) is 38.8 Å². The van der Waals surface area contributed by atoms with Gasteiger partial charge in [-0.2, -0.15) is 13.2 Å². The fourth-order valence-corrected chi connectivity index (χ4v) is 3.52. The number of nitrogens with zero attached hydrogens (tertiary/aromatic N) is 2. The van der Waals surface area contributed by atoms with Crippen molar-refractivity contribution in [1.29, 1.82) is 0 Å². The standard InChI is InChI=1S/C18H25F3N4O2/c1-2-27-16-4-3-13(18(19,20)21)11-15(16)23-17(26)25-9-7-24(8-10-25)14-5-6-22-12-14/h3-4,11,14,22H,2,5-10,12H2,1H3,(H,23,26)/t14-/m1/s1.